The SMILES string of the molecule is Cc1ccccc1OCC(O)CNC1C(C)(C)C1(C)C. The van der Waals surface area contributed by atoms with Crippen LogP contribution in [0.3, 0.4) is 0 Å². The van der Waals surface area contributed by atoms with Gasteiger partial charge in [0, 0.05) is 12.6 Å². The van der Waals surface area contributed by atoms with Gasteiger partial charge in [-0.1, -0.05) is 45.9 Å². The van der Waals surface area contributed by atoms with Crippen LogP contribution in [-0.2, 0) is 0 Å². The molecule has 0 bridgehead atoms. The van der Waals surface area contributed by atoms with Crippen molar-refractivity contribution < 1.29 is 9.84 Å². The number of aryl methyl sites for hydroxylation is 1. The van der Waals surface area contributed by atoms with Gasteiger partial charge in [0.05, 0.1) is 0 Å². The van der Waals surface area contributed by atoms with Crippen LogP contribution in [0.2, 0.25) is 0 Å². The third-order valence-corrected chi connectivity index (χ3v) is 5.10. The van der Waals surface area contributed by atoms with E-state index in [9.17, 15) is 5.11 Å². The average Bonchev–Trinajstić information content (AvgIpc) is 2.76. The van der Waals surface area contributed by atoms with Gasteiger partial charge in [-0.15, -0.1) is 0 Å². The maximum atomic E-state index is 10.0. The molecule has 0 aromatic heterocycles. The van der Waals surface area contributed by atoms with Gasteiger partial charge in [0.15, 0.2) is 0 Å². The lowest BCUT2D eigenvalue weighted by atomic mass is 10.0. The van der Waals surface area contributed by atoms with Crippen LogP contribution < -0.4 is 10.1 Å². The molecule has 2 rings (SSSR count). The quantitative estimate of drug-likeness (QED) is 0.840. The van der Waals surface area contributed by atoms with E-state index in [0.29, 0.717) is 30.0 Å². The molecule has 3 nitrogen and oxygen atoms in total. The van der Waals surface area contributed by atoms with E-state index >= 15 is 0 Å². The van der Waals surface area contributed by atoms with Crippen LogP contribution in [0.1, 0.15) is 33.3 Å². The number of hydrogen-bond donors (Lipinski definition) is 2. The van der Waals surface area contributed by atoms with Gasteiger partial charge in [-0.25, -0.2) is 0 Å². The molecule has 3 heteroatoms. The van der Waals surface area contributed by atoms with Crippen LogP contribution >= 0.6 is 0 Å². The van der Waals surface area contributed by atoms with Gasteiger partial charge in [-0.3, -0.25) is 0 Å². The standard InChI is InChI=1S/C17H27NO2/c1-12-8-6-7-9-14(12)20-11-13(19)10-18-15-16(2,3)17(15,4)5/h6-9,13,15,18-19H,10-11H2,1-5H3. The second-order valence-corrected chi connectivity index (χ2v) is 7.01. The Morgan fingerprint density at radius 1 is 1.20 bits per heavy atom. The van der Waals surface area contributed by atoms with E-state index in [-0.39, 0.29) is 0 Å². The molecule has 1 aliphatic carbocycles. The molecule has 1 aromatic rings. The van der Waals surface area contributed by atoms with Gasteiger partial charge in [-0.2, -0.15) is 0 Å². The van der Waals surface area contributed by atoms with Crippen molar-refractivity contribution in [1.29, 1.82) is 0 Å². The molecule has 0 amide bonds. The zero-order chi connectivity index (χ0) is 15.0. The highest BCUT2D eigenvalue weighted by molar-refractivity contribution is 5.31. The summed E-state index contributed by atoms with van der Waals surface area (Å²) in [5.41, 5.74) is 1.69. The first-order valence-electron chi connectivity index (χ1n) is 7.36. The third-order valence-electron chi connectivity index (χ3n) is 5.10. The van der Waals surface area contributed by atoms with Gasteiger partial charge < -0.3 is 15.2 Å². The molecule has 112 valence electrons. The Hall–Kier alpha value is -1.06. The summed E-state index contributed by atoms with van der Waals surface area (Å²) in [6.45, 7) is 12.0. The van der Waals surface area contributed by atoms with E-state index in [1.54, 1.807) is 0 Å². The van der Waals surface area contributed by atoms with E-state index in [4.69, 9.17) is 4.74 Å². The molecular weight excluding hydrogens is 250 g/mol. The van der Waals surface area contributed by atoms with Crippen molar-refractivity contribution in [1.82, 2.24) is 5.32 Å². The van der Waals surface area contributed by atoms with Gasteiger partial charge >= 0.3 is 0 Å². The highest BCUT2D eigenvalue weighted by atomic mass is 16.5. The second-order valence-electron chi connectivity index (χ2n) is 7.01. The normalized spacial score (nSPS) is 21.5. The van der Waals surface area contributed by atoms with Crippen LogP contribution in [-0.4, -0.2) is 30.4 Å². The minimum Gasteiger partial charge on any atom is -0.491 e. The van der Waals surface area contributed by atoms with Crippen LogP contribution in [0.15, 0.2) is 24.3 Å². The molecule has 1 atom stereocenters. The highest BCUT2D eigenvalue weighted by Gasteiger charge is 2.64. The van der Waals surface area contributed by atoms with E-state index in [2.05, 4.69) is 33.0 Å². The molecule has 1 fully saturated rings. The fourth-order valence-corrected chi connectivity index (χ4v) is 2.92. The Bertz CT molecular complexity index is 454. The van der Waals surface area contributed by atoms with Crippen LogP contribution in [0, 0.1) is 17.8 Å². The Kier molecular flexibility index (Phi) is 4.12. The topological polar surface area (TPSA) is 41.5 Å². The molecule has 1 aliphatic rings. The largest absolute Gasteiger partial charge is 0.491 e. The lowest BCUT2D eigenvalue weighted by molar-refractivity contribution is 0.104. The summed E-state index contributed by atoms with van der Waals surface area (Å²) in [4.78, 5) is 0. The molecule has 0 saturated heterocycles. The van der Waals surface area contributed by atoms with E-state index in [1.165, 1.54) is 0 Å². The molecule has 0 radical (unpaired) electrons. The van der Waals surface area contributed by atoms with Crippen molar-refractivity contribution in [3.8, 4) is 5.75 Å². The van der Waals surface area contributed by atoms with Gasteiger partial charge in [0.25, 0.3) is 0 Å². The van der Waals surface area contributed by atoms with Crippen molar-refractivity contribution in [2.75, 3.05) is 13.2 Å². The van der Waals surface area contributed by atoms with E-state index in [0.717, 1.165) is 11.3 Å². The smallest absolute Gasteiger partial charge is 0.122 e. The summed E-state index contributed by atoms with van der Waals surface area (Å²) in [5.74, 6) is 0.846. The maximum Gasteiger partial charge on any atom is 0.122 e. The Labute approximate surface area is 122 Å². The Morgan fingerprint density at radius 2 is 1.80 bits per heavy atom. The number of benzene rings is 1. The summed E-state index contributed by atoms with van der Waals surface area (Å²) < 4.78 is 5.67. The monoisotopic (exact) mass is 277 g/mol. The summed E-state index contributed by atoms with van der Waals surface area (Å²) in [6, 6.07) is 8.33. The predicted molar refractivity (Wildman–Crippen MR) is 82.0 cm³/mol. The molecule has 0 spiro atoms. The molecule has 2 N–H and O–H groups in total. The summed E-state index contributed by atoms with van der Waals surface area (Å²) >= 11 is 0. The average molecular weight is 277 g/mol. The second kappa shape index (κ2) is 5.38. The molecule has 1 aromatic carbocycles. The highest BCUT2D eigenvalue weighted by Crippen LogP contribution is 2.62. The lowest BCUT2D eigenvalue weighted by Crippen LogP contribution is -2.35. The zero-order valence-corrected chi connectivity index (χ0v) is 13.2. The number of rotatable bonds is 6. The van der Waals surface area contributed by atoms with Gasteiger partial charge in [0.2, 0.25) is 0 Å². The number of para-hydroxylation sites is 1. The summed E-state index contributed by atoms with van der Waals surface area (Å²) in [5, 5.41) is 13.5. The third kappa shape index (κ3) is 2.84. The van der Waals surface area contributed by atoms with Crippen molar-refractivity contribution in [3.63, 3.8) is 0 Å². The minimum absolute atomic E-state index is 0.295. The van der Waals surface area contributed by atoms with Crippen molar-refractivity contribution >= 4 is 0 Å². The molecule has 1 unspecified atom stereocenters. The van der Waals surface area contributed by atoms with Gasteiger partial charge in [0.1, 0.15) is 18.5 Å². The summed E-state index contributed by atoms with van der Waals surface area (Å²) in [6.07, 6.45) is -0.484. The molecular formula is C17H27NO2. The predicted octanol–water partition coefficient (Wildman–Crippen LogP) is 2.76. The summed E-state index contributed by atoms with van der Waals surface area (Å²) in [7, 11) is 0. The van der Waals surface area contributed by atoms with Crippen molar-refractivity contribution in [2.24, 2.45) is 10.8 Å². The number of aliphatic hydroxyl groups is 1. The zero-order valence-electron chi connectivity index (χ0n) is 13.2. The first kappa shape index (κ1) is 15.3. The number of hydrogen-bond acceptors (Lipinski definition) is 3. The number of aliphatic hydroxyl groups excluding tert-OH is 1. The van der Waals surface area contributed by atoms with E-state index < -0.39 is 6.10 Å². The minimum atomic E-state index is -0.484. The first-order valence-corrected chi connectivity index (χ1v) is 7.36. The van der Waals surface area contributed by atoms with Crippen LogP contribution in [0.25, 0.3) is 0 Å². The fourth-order valence-electron chi connectivity index (χ4n) is 2.92. The molecule has 0 heterocycles. The van der Waals surface area contributed by atoms with Gasteiger partial charge in [-0.05, 0) is 29.4 Å². The molecule has 0 aliphatic heterocycles. The van der Waals surface area contributed by atoms with Crippen LogP contribution in [0.4, 0.5) is 0 Å². The fraction of sp³-hybridized carbons (Fsp3) is 0.647. The van der Waals surface area contributed by atoms with Crippen molar-refractivity contribution in [2.45, 2.75) is 46.8 Å². The molecule has 20 heavy (non-hydrogen) atoms. The van der Waals surface area contributed by atoms with Crippen LogP contribution in [0.5, 0.6) is 5.75 Å². The Morgan fingerprint density at radius 3 is 2.35 bits per heavy atom. The maximum absolute atomic E-state index is 10.0. The number of ether oxygens (including phenoxy) is 1. The molecule has 1 saturated carbocycles. The van der Waals surface area contributed by atoms with Crippen molar-refractivity contribution in [3.05, 3.63) is 29.8 Å². The number of nitrogens with one attached hydrogen (secondary N) is 1. The Balaban J connectivity index is 1.75. The first-order chi connectivity index (χ1) is 9.26. The lowest BCUT2D eigenvalue weighted by Gasteiger charge is -2.15. The van der Waals surface area contributed by atoms with E-state index in [1.807, 2.05) is 31.2 Å².